The van der Waals surface area contributed by atoms with Crippen LogP contribution >= 0.6 is 15.9 Å². The van der Waals surface area contributed by atoms with Crippen LogP contribution < -0.4 is 5.73 Å². The van der Waals surface area contributed by atoms with Crippen molar-refractivity contribution in [1.82, 2.24) is 9.78 Å². The number of nitrogen functional groups attached to an aromatic ring is 1. The Hall–Kier alpha value is -1.40. The highest BCUT2D eigenvalue weighted by Gasteiger charge is 2.09. The molecular formula is C11H11BrFN3O. The Balaban J connectivity index is 2.30. The molecule has 0 radical (unpaired) electrons. The lowest BCUT2D eigenvalue weighted by molar-refractivity contribution is 0.269. The Morgan fingerprint density at radius 3 is 2.82 bits per heavy atom. The molecule has 1 aromatic heterocycles. The van der Waals surface area contributed by atoms with Crippen LogP contribution in [-0.4, -0.2) is 14.9 Å². The van der Waals surface area contributed by atoms with Gasteiger partial charge in [-0.15, -0.1) is 0 Å². The first-order valence-electron chi connectivity index (χ1n) is 4.97. The zero-order valence-electron chi connectivity index (χ0n) is 8.90. The minimum absolute atomic E-state index is 0.144. The third-order valence-electron chi connectivity index (χ3n) is 2.39. The molecule has 2 rings (SSSR count). The summed E-state index contributed by atoms with van der Waals surface area (Å²) in [6.07, 6.45) is 0. The summed E-state index contributed by atoms with van der Waals surface area (Å²) >= 11 is 3.21. The third kappa shape index (κ3) is 2.65. The second-order valence-corrected chi connectivity index (χ2v) is 4.44. The van der Waals surface area contributed by atoms with Crippen molar-refractivity contribution < 1.29 is 9.50 Å². The van der Waals surface area contributed by atoms with Gasteiger partial charge in [0.15, 0.2) is 0 Å². The van der Waals surface area contributed by atoms with Crippen LogP contribution in [0.3, 0.4) is 0 Å². The number of aromatic nitrogens is 2. The highest BCUT2D eigenvalue weighted by atomic mass is 79.9. The smallest absolute Gasteiger partial charge is 0.130 e. The molecule has 3 N–H and O–H groups in total. The summed E-state index contributed by atoms with van der Waals surface area (Å²) in [5.74, 6) is -0.375. The minimum Gasteiger partial charge on any atom is -0.399 e. The quantitative estimate of drug-likeness (QED) is 0.851. The van der Waals surface area contributed by atoms with Crippen LogP contribution in [0.1, 0.15) is 11.3 Å². The summed E-state index contributed by atoms with van der Waals surface area (Å²) in [7, 11) is 0. The Kier molecular flexibility index (Phi) is 3.44. The van der Waals surface area contributed by atoms with Crippen LogP contribution in [0.15, 0.2) is 28.9 Å². The number of aliphatic hydroxyl groups excluding tert-OH is 1. The van der Waals surface area contributed by atoms with Gasteiger partial charge < -0.3 is 10.8 Å². The monoisotopic (exact) mass is 299 g/mol. The fraction of sp³-hybridized carbons (Fsp3) is 0.182. The lowest BCUT2D eigenvalue weighted by atomic mass is 10.2. The van der Waals surface area contributed by atoms with Gasteiger partial charge in [0.1, 0.15) is 10.4 Å². The molecule has 0 aliphatic carbocycles. The zero-order chi connectivity index (χ0) is 12.4. The standard InChI is InChI=1S/C11H11BrFN3O/c12-11-4-9(6-17)16(15-11)5-7-1-2-8(14)3-10(7)13/h1-4,17H,5-6,14H2. The molecule has 0 spiro atoms. The summed E-state index contributed by atoms with van der Waals surface area (Å²) in [6.45, 7) is 0.114. The van der Waals surface area contributed by atoms with Crippen molar-refractivity contribution in [2.24, 2.45) is 0 Å². The van der Waals surface area contributed by atoms with E-state index >= 15 is 0 Å². The van der Waals surface area contributed by atoms with Gasteiger partial charge >= 0.3 is 0 Å². The number of halogens is 2. The van der Waals surface area contributed by atoms with Crippen molar-refractivity contribution in [2.45, 2.75) is 13.2 Å². The topological polar surface area (TPSA) is 64.1 Å². The number of nitrogens with zero attached hydrogens (tertiary/aromatic N) is 2. The van der Waals surface area contributed by atoms with Crippen molar-refractivity contribution in [3.63, 3.8) is 0 Å². The van der Waals surface area contributed by atoms with Gasteiger partial charge in [0.2, 0.25) is 0 Å². The van der Waals surface area contributed by atoms with Crippen LogP contribution in [0.4, 0.5) is 10.1 Å². The first-order valence-corrected chi connectivity index (χ1v) is 5.76. The first kappa shape index (κ1) is 12.1. The molecule has 4 nitrogen and oxygen atoms in total. The van der Waals surface area contributed by atoms with Gasteiger partial charge in [0, 0.05) is 11.3 Å². The predicted molar refractivity (Wildman–Crippen MR) is 65.8 cm³/mol. The second-order valence-electron chi connectivity index (χ2n) is 3.63. The molecule has 0 unspecified atom stereocenters. The normalized spacial score (nSPS) is 10.8. The summed E-state index contributed by atoms with van der Waals surface area (Å²) in [6, 6.07) is 6.21. The number of benzene rings is 1. The molecule has 0 aliphatic heterocycles. The molecule has 6 heteroatoms. The van der Waals surface area contributed by atoms with Gasteiger partial charge in [-0.1, -0.05) is 6.07 Å². The third-order valence-corrected chi connectivity index (χ3v) is 2.78. The van der Waals surface area contributed by atoms with E-state index in [2.05, 4.69) is 21.0 Å². The summed E-state index contributed by atoms with van der Waals surface area (Å²) < 4.78 is 15.7. The molecule has 0 atom stereocenters. The molecule has 0 fully saturated rings. The number of anilines is 1. The SMILES string of the molecule is Nc1ccc(Cn2nc(Br)cc2CO)c(F)c1. The second kappa shape index (κ2) is 4.85. The molecule has 0 aliphatic rings. The number of hydrogen-bond acceptors (Lipinski definition) is 3. The Morgan fingerprint density at radius 2 is 2.18 bits per heavy atom. The van der Waals surface area contributed by atoms with Crippen molar-refractivity contribution >= 4 is 21.6 Å². The first-order chi connectivity index (χ1) is 8.10. The average molecular weight is 300 g/mol. The van der Waals surface area contributed by atoms with E-state index in [0.29, 0.717) is 21.5 Å². The Labute approximate surface area is 106 Å². The Morgan fingerprint density at radius 1 is 1.41 bits per heavy atom. The largest absolute Gasteiger partial charge is 0.399 e. The van der Waals surface area contributed by atoms with Crippen LogP contribution in [0, 0.1) is 5.82 Å². The highest BCUT2D eigenvalue weighted by Crippen LogP contribution is 2.16. The van der Waals surface area contributed by atoms with E-state index in [9.17, 15) is 4.39 Å². The lowest BCUT2D eigenvalue weighted by Gasteiger charge is -2.07. The average Bonchev–Trinajstić information content (AvgIpc) is 2.63. The lowest BCUT2D eigenvalue weighted by Crippen LogP contribution is -2.08. The minimum atomic E-state index is -0.375. The van der Waals surface area contributed by atoms with Gasteiger partial charge in [-0.25, -0.2) is 4.39 Å². The van der Waals surface area contributed by atoms with Crippen LogP contribution in [-0.2, 0) is 13.2 Å². The number of nitrogens with two attached hydrogens (primary N) is 1. The highest BCUT2D eigenvalue weighted by molar-refractivity contribution is 9.10. The maximum atomic E-state index is 13.6. The van der Waals surface area contributed by atoms with Crippen LogP contribution in [0.2, 0.25) is 0 Å². The number of aliphatic hydroxyl groups is 1. The van der Waals surface area contributed by atoms with Gasteiger partial charge in [-0.2, -0.15) is 5.10 Å². The predicted octanol–water partition coefficient (Wildman–Crippen LogP) is 1.91. The summed E-state index contributed by atoms with van der Waals surface area (Å²) in [5.41, 5.74) is 6.95. The molecule has 0 amide bonds. The maximum Gasteiger partial charge on any atom is 0.130 e. The number of rotatable bonds is 3. The van der Waals surface area contributed by atoms with Crippen molar-refractivity contribution in [3.8, 4) is 0 Å². The number of hydrogen-bond donors (Lipinski definition) is 2. The molecule has 0 saturated heterocycles. The van der Waals surface area contributed by atoms with Gasteiger partial charge in [-0.3, -0.25) is 4.68 Å². The van der Waals surface area contributed by atoms with E-state index in [4.69, 9.17) is 10.8 Å². The Bertz CT molecular complexity index is 542. The van der Waals surface area contributed by atoms with Crippen LogP contribution in [0.5, 0.6) is 0 Å². The van der Waals surface area contributed by atoms with Gasteiger partial charge in [-0.05, 0) is 34.1 Å². The van der Waals surface area contributed by atoms with E-state index < -0.39 is 0 Å². The van der Waals surface area contributed by atoms with Gasteiger partial charge in [0.05, 0.1) is 18.8 Å². The summed E-state index contributed by atoms with van der Waals surface area (Å²) in [4.78, 5) is 0. The van der Waals surface area contributed by atoms with Crippen LogP contribution in [0.25, 0.3) is 0 Å². The van der Waals surface area contributed by atoms with Crippen molar-refractivity contribution in [1.29, 1.82) is 0 Å². The van der Waals surface area contributed by atoms with E-state index in [-0.39, 0.29) is 19.0 Å². The van der Waals surface area contributed by atoms with Gasteiger partial charge in [0.25, 0.3) is 0 Å². The van der Waals surface area contributed by atoms with E-state index in [1.54, 1.807) is 22.9 Å². The van der Waals surface area contributed by atoms with E-state index in [1.807, 2.05) is 0 Å². The van der Waals surface area contributed by atoms with E-state index in [0.717, 1.165) is 0 Å². The van der Waals surface area contributed by atoms with Crippen molar-refractivity contribution in [3.05, 3.63) is 45.9 Å². The molecule has 1 aromatic carbocycles. The fourth-order valence-electron chi connectivity index (χ4n) is 1.54. The zero-order valence-corrected chi connectivity index (χ0v) is 10.5. The molecule has 0 saturated carbocycles. The molecule has 1 heterocycles. The van der Waals surface area contributed by atoms with Crippen molar-refractivity contribution in [2.75, 3.05) is 5.73 Å². The maximum absolute atomic E-state index is 13.6. The molecule has 90 valence electrons. The summed E-state index contributed by atoms with van der Waals surface area (Å²) in [5, 5.41) is 13.2. The molecule has 0 bridgehead atoms. The molecule has 17 heavy (non-hydrogen) atoms. The molecule has 2 aromatic rings. The van der Waals surface area contributed by atoms with E-state index in [1.165, 1.54) is 6.07 Å². The molecular weight excluding hydrogens is 289 g/mol. The fourth-order valence-corrected chi connectivity index (χ4v) is 1.99.